The standard InChI is InChI=1S/C26H23N5O4S/c1-18(32)35-22-14-13-19(15-23(22)34-2)16-27-28-24(33)17-36-26-30-29-25(20-9-5-3-6-10-20)31(26)21-11-7-4-8-12-21/h3-16H,17H2,1-2H3,(H,28,33)/b27-16-. The summed E-state index contributed by atoms with van der Waals surface area (Å²) in [4.78, 5) is 23.6. The Labute approximate surface area is 212 Å². The molecule has 3 aromatic carbocycles. The maximum absolute atomic E-state index is 12.4. The number of benzene rings is 3. The lowest BCUT2D eigenvalue weighted by Gasteiger charge is -2.10. The predicted octanol–water partition coefficient (Wildman–Crippen LogP) is 4.11. The van der Waals surface area contributed by atoms with Crippen LogP contribution in [-0.2, 0) is 9.59 Å². The summed E-state index contributed by atoms with van der Waals surface area (Å²) >= 11 is 1.26. The lowest BCUT2D eigenvalue weighted by Crippen LogP contribution is -2.20. The highest BCUT2D eigenvalue weighted by Crippen LogP contribution is 2.28. The molecule has 4 aromatic rings. The molecule has 0 bridgehead atoms. The monoisotopic (exact) mass is 501 g/mol. The smallest absolute Gasteiger partial charge is 0.308 e. The van der Waals surface area contributed by atoms with Crippen LogP contribution in [0.5, 0.6) is 11.5 Å². The normalized spacial score (nSPS) is 10.8. The number of nitrogens with zero attached hydrogens (tertiary/aromatic N) is 4. The summed E-state index contributed by atoms with van der Waals surface area (Å²) in [6.45, 7) is 1.31. The second kappa shape index (κ2) is 11.8. The van der Waals surface area contributed by atoms with Gasteiger partial charge in [-0.25, -0.2) is 5.43 Å². The molecule has 0 spiro atoms. The van der Waals surface area contributed by atoms with E-state index >= 15 is 0 Å². The van der Waals surface area contributed by atoms with Gasteiger partial charge < -0.3 is 9.47 Å². The SMILES string of the molecule is COc1cc(/C=N\NC(=O)CSc2nnc(-c3ccccc3)n2-c2ccccc2)ccc1OC(C)=O. The molecular weight excluding hydrogens is 478 g/mol. The van der Waals surface area contributed by atoms with Gasteiger partial charge in [0.05, 0.1) is 19.1 Å². The van der Waals surface area contributed by atoms with E-state index in [2.05, 4.69) is 20.7 Å². The van der Waals surface area contributed by atoms with E-state index < -0.39 is 5.97 Å². The van der Waals surface area contributed by atoms with E-state index in [0.29, 0.717) is 28.0 Å². The number of carbonyl (C=O) groups excluding carboxylic acids is 2. The van der Waals surface area contributed by atoms with Crippen molar-refractivity contribution in [3.63, 3.8) is 0 Å². The first kappa shape index (κ1) is 24.7. The molecule has 1 heterocycles. The molecule has 0 saturated carbocycles. The van der Waals surface area contributed by atoms with Crippen LogP contribution < -0.4 is 14.9 Å². The number of aromatic nitrogens is 3. The molecule has 1 aromatic heterocycles. The lowest BCUT2D eigenvalue weighted by molar-refractivity contribution is -0.132. The number of ether oxygens (including phenoxy) is 2. The average molecular weight is 502 g/mol. The largest absolute Gasteiger partial charge is 0.493 e. The molecule has 0 aliphatic heterocycles. The fourth-order valence-electron chi connectivity index (χ4n) is 3.29. The molecule has 0 fully saturated rings. The summed E-state index contributed by atoms with van der Waals surface area (Å²) in [5, 5.41) is 13.3. The van der Waals surface area contributed by atoms with Crippen LogP contribution >= 0.6 is 11.8 Å². The topological polar surface area (TPSA) is 108 Å². The fourth-order valence-corrected chi connectivity index (χ4v) is 4.04. The van der Waals surface area contributed by atoms with Gasteiger partial charge in [0, 0.05) is 18.2 Å². The molecule has 1 amide bonds. The summed E-state index contributed by atoms with van der Waals surface area (Å²) in [6, 6.07) is 24.4. The highest BCUT2D eigenvalue weighted by Gasteiger charge is 2.17. The molecule has 0 aliphatic rings. The molecule has 0 atom stereocenters. The number of carbonyl (C=O) groups is 2. The Hall–Kier alpha value is -4.44. The van der Waals surface area contributed by atoms with Crippen molar-refractivity contribution in [2.45, 2.75) is 12.1 Å². The number of hydrazone groups is 1. The molecule has 4 rings (SSSR count). The van der Waals surface area contributed by atoms with E-state index in [-0.39, 0.29) is 11.7 Å². The predicted molar refractivity (Wildman–Crippen MR) is 138 cm³/mol. The minimum Gasteiger partial charge on any atom is -0.493 e. The number of amides is 1. The van der Waals surface area contributed by atoms with Gasteiger partial charge in [-0.15, -0.1) is 10.2 Å². The average Bonchev–Trinajstić information content (AvgIpc) is 3.33. The first-order valence-corrected chi connectivity index (χ1v) is 11.9. The lowest BCUT2D eigenvalue weighted by atomic mass is 10.2. The first-order chi connectivity index (χ1) is 17.5. The minimum atomic E-state index is -0.446. The Bertz CT molecular complexity index is 1370. The van der Waals surface area contributed by atoms with E-state index in [1.807, 2.05) is 65.2 Å². The fraction of sp³-hybridized carbons (Fsp3) is 0.115. The zero-order chi connectivity index (χ0) is 25.3. The van der Waals surface area contributed by atoms with E-state index in [9.17, 15) is 9.59 Å². The highest BCUT2D eigenvalue weighted by atomic mass is 32.2. The van der Waals surface area contributed by atoms with Crippen LogP contribution in [0.25, 0.3) is 17.1 Å². The molecule has 10 heteroatoms. The zero-order valence-corrected chi connectivity index (χ0v) is 20.4. The van der Waals surface area contributed by atoms with Crippen molar-refractivity contribution in [1.82, 2.24) is 20.2 Å². The van der Waals surface area contributed by atoms with Gasteiger partial charge in [-0.05, 0) is 35.9 Å². The minimum absolute atomic E-state index is 0.0891. The summed E-state index contributed by atoms with van der Waals surface area (Å²) in [7, 11) is 1.47. The third-order valence-corrected chi connectivity index (χ3v) is 5.79. The molecule has 182 valence electrons. The van der Waals surface area contributed by atoms with Gasteiger partial charge in [-0.3, -0.25) is 14.2 Å². The molecule has 36 heavy (non-hydrogen) atoms. The number of thioether (sulfide) groups is 1. The van der Waals surface area contributed by atoms with Gasteiger partial charge in [0.2, 0.25) is 0 Å². The number of esters is 1. The second-order valence-electron chi connectivity index (χ2n) is 7.43. The molecule has 0 aliphatic carbocycles. The third kappa shape index (κ3) is 6.16. The van der Waals surface area contributed by atoms with Crippen molar-refractivity contribution >= 4 is 29.9 Å². The highest BCUT2D eigenvalue weighted by molar-refractivity contribution is 7.99. The van der Waals surface area contributed by atoms with Gasteiger partial charge in [-0.2, -0.15) is 5.10 Å². The van der Waals surface area contributed by atoms with Gasteiger partial charge in [0.1, 0.15) is 0 Å². The van der Waals surface area contributed by atoms with Crippen LogP contribution in [0.1, 0.15) is 12.5 Å². The Morgan fingerprint density at radius 2 is 1.72 bits per heavy atom. The van der Waals surface area contributed by atoms with Crippen LogP contribution in [0.15, 0.2) is 89.1 Å². The van der Waals surface area contributed by atoms with E-state index in [1.165, 1.54) is 32.0 Å². The van der Waals surface area contributed by atoms with Gasteiger partial charge in [0.25, 0.3) is 5.91 Å². The molecular formula is C26H23N5O4S. The summed E-state index contributed by atoms with van der Waals surface area (Å²) in [5.74, 6) is 0.715. The number of methoxy groups -OCH3 is 1. The quantitative estimate of drug-likeness (QED) is 0.121. The number of nitrogens with one attached hydrogen (secondary N) is 1. The molecule has 0 unspecified atom stereocenters. The van der Waals surface area contributed by atoms with E-state index in [4.69, 9.17) is 9.47 Å². The van der Waals surface area contributed by atoms with E-state index in [0.717, 1.165) is 11.3 Å². The van der Waals surface area contributed by atoms with Crippen LogP contribution in [0.2, 0.25) is 0 Å². The van der Waals surface area contributed by atoms with Crippen molar-refractivity contribution in [1.29, 1.82) is 0 Å². The van der Waals surface area contributed by atoms with Crippen LogP contribution in [0.3, 0.4) is 0 Å². The molecule has 1 N–H and O–H groups in total. The molecule has 9 nitrogen and oxygen atoms in total. The van der Waals surface area contributed by atoms with Crippen molar-refractivity contribution in [3.8, 4) is 28.6 Å². The number of rotatable bonds is 9. The third-order valence-electron chi connectivity index (χ3n) is 4.86. The maximum atomic E-state index is 12.4. The van der Waals surface area contributed by atoms with Crippen LogP contribution in [0.4, 0.5) is 0 Å². The van der Waals surface area contributed by atoms with Crippen LogP contribution in [-0.4, -0.2) is 45.7 Å². The van der Waals surface area contributed by atoms with Gasteiger partial charge in [0.15, 0.2) is 22.5 Å². The number of hydrogen-bond donors (Lipinski definition) is 1. The summed E-state index contributed by atoms with van der Waals surface area (Å²) in [5.41, 5.74) is 4.99. The van der Waals surface area contributed by atoms with Crippen LogP contribution in [0, 0.1) is 0 Å². The summed E-state index contributed by atoms with van der Waals surface area (Å²) in [6.07, 6.45) is 1.47. The molecule has 0 saturated heterocycles. The van der Waals surface area contributed by atoms with Gasteiger partial charge in [-0.1, -0.05) is 60.3 Å². The Balaban J connectivity index is 1.43. The second-order valence-corrected chi connectivity index (χ2v) is 8.37. The first-order valence-electron chi connectivity index (χ1n) is 10.9. The number of hydrogen-bond acceptors (Lipinski definition) is 8. The van der Waals surface area contributed by atoms with E-state index in [1.54, 1.807) is 18.2 Å². The maximum Gasteiger partial charge on any atom is 0.308 e. The van der Waals surface area contributed by atoms with Crippen molar-refractivity contribution in [2.75, 3.05) is 12.9 Å². The zero-order valence-electron chi connectivity index (χ0n) is 19.6. The Kier molecular flexibility index (Phi) is 8.09. The van der Waals surface area contributed by atoms with Crippen molar-refractivity contribution in [3.05, 3.63) is 84.4 Å². The number of para-hydroxylation sites is 1. The Morgan fingerprint density at radius 3 is 2.42 bits per heavy atom. The summed E-state index contributed by atoms with van der Waals surface area (Å²) < 4.78 is 12.2. The Morgan fingerprint density at radius 1 is 1.00 bits per heavy atom. The van der Waals surface area contributed by atoms with Crippen molar-refractivity contribution < 1.29 is 19.1 Å². The van der Waals surface area contributed by atoms with Crippen molar-refractivity contribution in [2.24, 2.45) is 5.10 Å². The molecule has 0 radical (unpaired) electrons. The van der Waals surface area contributed by atoms with Gasteiger partial charge >= 0.3 is 5.97 Å².